The number of carbonyl (C=O) groups is 1. The number of benzene rings is 4. The molecule has 2 nitrogen and oxygen atoms in total. The molecular weight excluding hydrogens is 350 g/mol. The Bertz CT molecular complexity index is 1040. The van der Waals surface area contributed by atoms with E-state index in [4.69, 9.17) is 0 Å². The molecule has 0 aliphatic rings. The average Bonchev–Trinajstić information content (AvgIpc) is 2.74. The molecule has 0 bridgehead atoms. The number of nitrogens with one attached hydrogen (secondary N) is 1. The number of rotatable bonds is 5. The van der Waals surface area contributed by atoms with Gasteiger partial charge in [-0.05, 0) is 40.6 Å². The molecule has 0 saturated carbocycles. The van der Waals surface area contributed by atoms with E-state index in [1.165, 1.54) is 5.39 Å². The molecule has 0 aliphatic heterocycles. The summed E-state index contributed by atoms with van der Waals surface area (Å²) in [6, 6.07) is 34.0. The van der Waals surface area contributed by atoms with Crippen molar-refractivity contribution in [1.29, 1.82) is 0 Å². The van der Waals surface area contributed by atoms with Crippen molar-refractivity contribution in [1.82, 2.24) is 5.32 Å². The van der Waals surface area contributed by atoms with Crippen molar-refractivity contribution in [3.63, 3.8) is 0 Å². The number of carbonyl (C=O) groups excluding carboxylic acids is 1. The van der Waals surface area contributed by atoms with Gasteiger partial charge in [0.15, 0.2) is 0 Å². The summed E-state index contributed by atoms with van der Waals surface area (Å²) in [5.41, 5.74) is 1.77. The molecular formula is C24H19NOS. The average molecular weight is 369 g/mol. The number of thioether (sulfide) groups is 1. The van der Waals surface area contributed by atoms with Crippen LogP contribution in [0.25, 0.3) is 10.8 Å². The minimum Gasteiger partial charge on any atom is -0.336 e. The van der Waals surface area contributed by atoms with Gasteiger partial charge in [0.2, 0.25) is 0 Å². The Labute approximate surface area is 163 Å². The molecule has 0 aliphatic carbocycles. The van der Waals surface area contributed by atoms with Crippen molar-refractivity contribution in [3.8, 4) is 0 Å². The van der Waals surface area contributed by atoms with Crippen LogP contribution in [0.2, 0.25) is 0 Å². The fourth-order valence-electron chi connectivity index (χ4n) is 3.08. The molecule has 27 heavy (non-hydrogen) atoms. The van der Waals surface area contributed by atoms with E-state index in [-0.39, 0.29) is 11.3 Å². The molecule has 1 amide bonds. The van der Waals surface area contributed by atoms with Crippen LogP contribution >= 0.6 is 11.8 Å². The summed E-state index contributed by atoms with van der Waals surface area (Å²) in [7, 11) is 0. The predicted octanol–water partition coefficient (Wildman–Crippen LogP) is 6.06. The Morgan fingerprint density at radius 2 is 1.33 bits per heavy atom. The number of fused-ring (bicyclic) bond motifs is 1. The predicted molar refractivity (Wildman–Crippen MR) is 113 cm³/mol. The van der Waals surface area contributed by atoms with Gasteiger partial charge in [-0.25, -0.2) is 0 Å². The van der Waals surface area contributed by atoms with E-state index in [1.54, 1.807) is 11.8 Å². The first-order valence-electron chi connectivity index (χ1n) is 8.86. The minimum atomic E-state index is -0.189. The van der Waals surface area contributed by atoms with Gasteiger partial charge in [0.05, 0.1) is 0 Å². The minimum absolute atomic E-state index is 0.0723. The van der Waals surface area contributed by atoms with Crippen molar-refractivity contribution < 1.29 is 4.79 Å². The lowest BCUT2D eigenvalue weighted by Gasteiger charge is -2.21. The second kappa shape index (κ2) is 8.11. The normalized spacial score (nSPS) is 11.9. The van der Waals surface area contributed by atoms with E-state index in [1.807, 2.05) is 66.7 Å². The maximum atomic E-state index is 12.8. The Hall–Kier alpha value is -3.04. The van der Waals surface area contributed by atoms with Crippen LogP contribution in [0.15, 0.2) is 108 Å². The third kappa shape index (κ3) is 4.04. The van der Waals surface area contributed by atoms with Crippen molar-refractivity contribution in [2.75, 3.05) is 0 Å². The first-order chi connectivity index (χ1) is 13.3. The zero-order valence-corrected chi connectivity index (χ0v) is 15.5. The molecule has 4 rings (SSSR count). The number of hydrogen-bond acceptors (Lipinski definition) is 2. The zero-order chi connectivity index (χ0) is 18.5. The first kappa shape index (κ1) is 17.4. The second-order valence-electron chi connectivity index (χ2n) is 6.22. The molecule has 0 unspecified atom stereocenters. The monoisotopic (exact) mass is 369 g/mol. The van der Waals surface area contributed by atoms with Crippen molar-refractivity contribution in [2.45, 2.75) is 10.3 Å². The highest BCUT2D eigenvalue weighted by atomic mass is 32.2. The van der Waals surface area contributed by atoms with Gasteiger partial charge in [-0.1, -0.05) is 90.6 Å². The summed E-state index contributed by atoms with van der Waals surface area (Å²) in [6.07, 6.45) is 0. The standard InChI is InChI=1S/C24H19NOS/c26-23(19-11-3-1-4-12-19)25-24(27-20-14-5-2-6-15-20)22-17-9-13-18-10-7-8-16-21(18)22/h1-17,24H,(H,25,26)/t24-/m1/s1. The first-order valence-corrected chi connectivity index (χ1v) is 9.74. The smallest absolute Gasteiger partial charge is 0.252 e. The highest BCUT2D eigenvalue weighted by Crippen LogP contribution is 2.36. The highest BCUT2D eigenvalue weighted by Gasteiger charge is 2.19. The molecule has 4 aromatic rings. The summed E-state index contributed by atoms with van der Waals surface area (Å²) in [6.45, 7) is 0. The fourth-order valence-corrected chi connectivity index (χ4v) is 4.16. The Balaban J connectivity index is 1.72. The van der Waals surface area contributed by atoms with E-state index in [9.17, 15) is 4.79 Å². The zero-order valence-electron chi connectivity index (χ0n) is 14.7. The maximum absolute atomic E-state index is 12.8. The highest BCUT2D eigenvalue weighted by molar-refractivity contribution is 7.99. The Morgan fingerprint density at radius 1 is 0.704 bits per heavy atom. The summed E-state index contributed by atoms with van der Waals surface area (Å²) < 4.78 is 0. The molecule has 0 radical (unpaired) electrons. The molecule has 4 aromatic carbocycles. The number of amides is 1. The molecule has 0 heterocycles. The van der Waals surface area contributed by atoms with Gasteiger partial charge in [0, 0.05) is 10.5 Å². The van der Waals surface area contributed by atoms with Crippen LogP contribution < -0.4 is 5.32 Å². The fraction of sp³-hybridized carbons (Fsp3) is 0.0417. The Kier molecular flexibility index (Phi) is 5.22. The van der Waals surface area contributed by atoms with Crippen molar-refractivity contribution >= 4 is 28.4 Å². The summed E-state index contributed by atoms with van der Waals surface area (Å²) in [5, 5.41) is 5.35. The summed E-state index contributed by atoms with van der Waals surface area (Å²) in [5.74, 6) is -0.0723. The van der Waals surface area contributed by atoms with E-state index < -0.39 is 0 Å². The largest absolute Gasteiger partial charge is 0.336 e. The van der Waals surface area contributed by atoms with Gasteiger partial charge in [-0.15, -0.1) is 0 Å². The summed E-state index contributed by atoms with van der Waals surface area (Å²) >= 11 is 1.65. The van der Waals surface area contributed by atoms with Gasteiger partial charge < -0.3 is 5.32 Å². The molecule has 1 N–H and O–H groups in total. The topological polar surface area (TPSA) is 29.1 Å². The molecule has 3 heteroatoms. The lowest BCUT2D eigenvalue weighted by Crippen LogP contribution is -2.26. The van der Waals surface area contributed by atoms with E-state index >= 15 is 0 Å². The molecule has 1 atom stereocenters. The van der Waals surface area contributed by atoms with Crippen LogP contribution in [0, 0.1) is 0 Å². The van der Waals surface area contributed by atoms with Crippen molar-refractivity contribution in [3.05, 3.63) is 114 Å². The van der Waals surface area contributed by atoms with Crippen LogP contribution in [0.3, 0.4) is 0 Å². The summed E-state index contributed by atoms with van der Waals surface area (Å²) in [4.78, 5) is 13.9. The quantitative estimate of drug-likeness (QED) is 0.342. The van der Waals surface area contributed by atoms with Gasteiger partial charge in [0.25, 0.3) is 5.91 Å². The molecule has 0 fully saturated rings. The molecule has 132 valence electrons. The number of hydrogen-bond donors (Lipinski definition) is 1. The third-order valence-corrected chi connectivity index (χ3v) is 5.55. The maximum Gasteiger partial charge on any atom is 0.252 e. The second-order valence-corrected chi connectivity index (χ2v) is 7.40. The molecule has 0 saturated heterocycles. The van der Waals surface area contributed by atoms with Crippen LogP contribution in [0.1, 0.15) is 21.3 Å². The molecule has 0 aromatic heterocycles. The van der Waals surface area contributed by atoms with Crippen LogP contribution in [0.4, 0.5) is 0 Å². The SMILES string of the molecule is O=C(N[C@H](Sc1ccccc1)c1cccc2ccccc12)c1ccccc1. The van der Waals surface area contributed by atoms with Gasteiger partial charge >= 0.3 is 0 Å². The van der Waals surface area contributed by atoms with Crippen molar-refractivity contribution in [2.24, 2.45) is 0 Å². The lowest BCUT2D eigenvalue weighted by molar-refractivity contribution is 0.0950. The van der Waals surface area contributed by atoms with Crippen LogP contribution in [-0.4, -0.2) is 5.91 Å². The lowest BCUT2D eigenvalue weighted by atomic mass is 10.0. The van der Waals surface area contributed by atoms with Gasteiger partial charge in [-0.3, -0.25) is 4.79 Å². The van der Waals surface area contributed by atoms with Crippen LogP contribution in [0.5, 0.6) is 0 Å². The van der Waals surface area contributed by atoms with Gasteiger partial charge in [0.1, 0.15) is 5.37 Å². The van der Waals surface area contributed by atoms with E-state index in [0.29, 0.717) is 5.56 Å². The Morgan fingerprint density at radius 3 is 2.11 bits per heavy atom. The van der Waals surface area contributed by atoms with E-state index in [2.05, 4.69) is 41.7 Å². The van der Waals surface area contributed by atoms with E-state index in [0.717, 1.165) is 15.8 Å². The van der Waals surface area contributed by atoms with Gasteiger partial charge in [-0.2, -0.15) is 0 Å². The third-order valence-electron chi connectivity index (χ3n) is 4.40. The van der Waals surface area contributed by atoms with Crippen LogP contribution in [-0.2, 0) is 0 Å². The molecule has 0 spiro atoms.